The van der Waals surface area contributed by atoms with E-state index < -0.39 is 41.8 Å². The highest BCUT2D eigenvalue weighted by molar-refractivity contribution is 5.65. The van der Waals surface area contributed by atoms with E-state index in [0.717, 1.165) is 16.8 Å². The minimum absolute atomic E-state index is 0.248. The number of aliphatic hydroxyl groups excluding tert-OH is 2. The van der Waals surface area contributed by atoms with Crippen LogP contribution in [0.5, 0.6) is 0 Å². The number of aromatic nitrogens is 2. The minimum atomic E-state index is -1.39. The van der Waals surface area contributed by atoms with Crippen LogP contribution in [0.2, 0.25) is 0 Å². The number of aromatic amines is 1. The summed E-state index contributed by atoms with van der Waals surface area (Å²) in [5.41, 5.74) is -1.36. The fourth-order valence-corrected chi connectivity index (χ4v) is 1.92. The third-order valence-electron chi connectivity index (χ3n) is 2.91. The van der Waals surface area contributed by atoms with Crippen LogP contribution in [0.1, 0.15) is 13.2 Å². The minimum Gasteiger partial charge on any atom is -0.463 e. The normalized spacial score (nSPS) is 29.4. The van der Waals surface area contributed by atoms with Gasteiger partial charge < -0.3 is 19.7 Å². The number of nitrogens with zero attached hydrogens (tertiary/aromatic N) is 1. The highest BCUT2D eigenvalue weighted by Gasteiger charge is 2.44. The van der Waals surface area contributed by atoms with E-state index in [1.807, 2.05) is 4.98 Å². The fourth-order valence-electron chi connectivity index (χ4n) is 1.92. The van der Waals surface area contributed by atoms with Crippen LogP contribution in [0.15, 0.2) is 21.9 Å². The van der Waals surface area contributed by atoms with Gasteiger partial charge in [-0.15, -0.1) is 0 Å². The van der Waals surface area contributed by atoms with Crippen LogP contribution in [0.4, 0.5) is 0 Å². The molecule has 0 saturated carbocycles. The number of ether oxygens (including phenoxy) is 2. The van der Waals surface area contributed by atoms with Crippen LogP contribution in [-0.2, 0) is 14.3 Å². The number of hydrogen-bond donors (Lipinski definition) is 3. The van der Waals surface area contributed by atoms with Gasteiger partial charge in [0.25, 0.3) is 5.56 Å². The summed E-state index contributed by atoms with van der Waals surface area (Å²) in [7, 11) is 0. The van der Waals surface area contributed by atoms with Gasteiger partial charge in [-0.3, -0.25) is 19.1 Å². The summed E-state index contributed by atoms with van der Waals surface area (Å²) in [6.45, 7) is 0.948. The molecule has 1 aliphatic heterocycles. The Morgan fingerprint density at radius 2 is 2.15 bits per heavy atom. The highest BCUT2D eigenvalue weighted by Crippen LogP contribution is 2.28. The lowest BCUT2D eigenvalue weighted by Crippen LogP contribution is -2.37. The van der Waals surface area contributed by atoms with Gasteiger partial charge in [-0.25, -0.2) is 4.79 Å². The molecule has 0 bridgehead atoms. The van der Waals surface area contributed by atoms with Crippen LogP contribution >= 0.6 is 0 Å². The molecule has 1 aromatic heterocycles. The molecule has 2 rings (SSSR count). The van der Waals surface area contributed by atoms with Gasteiger partial charge in [0.1, 0.15) is 24.9 Å². The summed E-state index contributed by atoms with van der Waals surface area (Å²) < 4.78 is 11.0. The number of hydrogen-bond acceptors (Lipinski definition) is 7. The molecule has 0 amide bonds. The smallest absolute Gasteiger partial charge is 0.330 e. The molecule has 0 aromatic carbocycles. The third kappa shape index (κ3) is 2.79. The average Bonchev–Trinajstić information content (AvgIpc) is 2.64. The van der Waals surface area contributed by atoms with Crippen molar-refractivity contribution in [3.8, 4) is 0 Å². The van der Waals surface area contributed by atoms with E-state index >= 15 is 0 Å². The zero-order chi connectivity index (χ0) is 14.9. The van der Waals surface area contributed by atoms with Crippen LogP contribution in [-0.4, -0.2) is 50.7 Å². The summed E-state index contributed by atoms with van der Waals surface area (Å²) in [6.07, 6.45) is -3.69. The standard InChI is InChI=1S/C11H14N2O7/c1-5(14)19-4-6-8(16)9(17)10(20-6)13-3-2-7(15)12-11(13)18/h2-3,6,8-10,16-17H,4H2,1H3,(H,12,15,18)/t6-,8-,9-,10-/m0/s1. The van der Waals surface area contributed by atoms with Gasteiger partial charge in [-0.2, -0.15) is 0 Å². The maximum absolute atomic E-state index is 11.6. The van der Waals surface area contributed by atoms with Crippen molar-refractivity contribution < 1.29 is 24.5 Å². The van der Waals surface area contributed by atoms with E-state index in [9.17, 15) is 24.6 Å². The topological polar surface area (TPSA) is 131 Å². The van der Waals surface area contributed by atoms with Gasteiger partial charge in [0.15, 0.2) is 6.23 Å². The first-order valence-corrected chi connectivity index (χ1v) is 5.86. The van der Waals surface area contributed by atoms with Crippen molar-refractivity contribution in [2.75, 3.05) is 6.61 Å². The molecule has 1 aromatic rings. The maximum Gasteiger partial charge on any atom is 0.330 e. The van der Waals surface area contributed by atoms with Crippen molar-refractivity contribution >= 4 is 5.97 Å². The molecule has 0 aliphatic carbocycles. The number of carbonyl (C=O) groups is 1. The average molecular weight is 286 g/mol. The first-order valence-electron chi connectivity index (χ1n) is 5.86. The molecule has 110 valence electrons. The Bertz CT molecular complexity index is 607. The Kier molecular flexibility index (Phi) is 4.02. The number of nitrogens with one attached hydrogen (secondary N) is 1. The van der Waals surface area contributed by atoms with E-state index in [2.05, 4.69) is 0 Å². The summed E-state index contributed by atoms with van der Waals surface area (Å²) in [5.74, 6) is -0.556. The molecule has 3 N–H and O–H groups in total. The lowest BCUT2D eigenvalue weighted by molar-refractivity contribution is -0.147. The van der Waals surface area contributed by atoms with Crippen LogP contribution in [0.25, 0.3) is 0 Å². The molecule has 2 heterocycles. The molecular weight excluding hydrogens is 272 g/mol. The Labute approximate surface area is 112 Å². The van der Waals surface area contributed by atoms with Crippen molar-refractivity contribution in [2.45, 2.75) is 31.5 Å². The second-order valence-corrected chi connectivity index (χ2v) is 4.37. The van der Waals surface area contributed by atoms with Crippen molar-refractivity contribution in [2.24, 2.45) is 0 Å². The lowest BCUT2D eigenvalue weighted by atomic mass is 10.1. The molecule has 9 heteroatoms. The van der Waals surface area contributed by atoms with E-state index in [4.69, 9.17) is 9.47 Å². The molecule has 4 atom stereocenters. The molecule has 9 nitrogen and oxygen atoms in total. The molecule has 0 radical (unpaired) electrons. The predicted octanol–water partition coefficient (Wildman–Crippen LogP) is -2.28. The van der Waals surface area contributed by atoms with Crippen LogP contribution in [0.3, 0.4) is 0 Å². The van der Waals surface area contributed by atoms with Gasteiger partial charge in [-0.1, -0.05) is 0 Å². The van der Waals surface area contributed by atoms with Crippen LogP contribution < -0.4 is 11.2 Å². The Balaban J connectivity index is 2.19. The van der Waals surface area contributed by atoms with Gasteiger partial charge in [0.2, 0.25) is 0 Å². The molecule has 1 aliphatic rings. The van der Waals surface area contributed by atoms with Gasteiger partial charge in [-0.05, 0) is 0 Å². The number of carbonyl (C=O) groups excluding carboxylic acids is 1. The summed E-state index contributed by atoms with van der Waals surface area (Å²) in [6, 6.07) is 1.09. The fraction of sp³-hybridized carbons (Fsp3) is 0.545. The summed E-state index contributed by atoms with van der Waals surface area (Å²) >= 11 is 0. The predicted molar refractivity (Wildman–Crippen MR) is 63.9 cm³/mol. The second-order valence-electron chi connectivity index (χ2n) is 4.37. The van der Waals surface area contributed by atoms with Crippen LogP contribution in [0, 0.1) is 0 Å². The molecule has 20 heavy (non-hydrogen) atoms. The SMILES string of the molecule is CC(=O)OC[C@@H]1O[C@H](n2ccc(=O)[nH]c2=O)[C@@H](O)[C@H]1O. The number of aliphatic hydroxyl groups is 2. The molecule has 1 saturated heterocycles. The highest BCUT2D eigenvalue weighted by atomic mass is 16.6. The van der Waals surface area contributed by atoms with E-state index in [-0.39, 0.29) is 6.61 Å². The number of H-pyrrole nitrogens is 1. The molecule has 0 unspecified atom stereocenters. The van der Waals surface area contributed by atoms with Gasteiger partial charge in [0.05, 0.1) is 0 Å². The van der Waals surface area contributed by atoms with Crippen molar-refractivity contribution in [1.82, 2.24) is 9.55 Å². The first-order chi connectivity index (χ1) is 9.40. The van der Waals surface area contributed by atoms with Crippen molar-refractivity contribution in [3.63, 3.8) is 0 Å². The largest absolute Gasteiger partial charge is 0.463 e. The monoisotopic (exact) mass is 286 g/mol. The summed E-state index contributed by atoms with van der Waals surface area (Å²) in [5, 5.41) is 19.7. The number of rotatable bonds is 3. The van der Waals surface area contributed by atoms with Gasteiger partial charge in [0, 0.05) is 19.2 Å². The molecule has 0 spiro atoms. The van der Waals surface area contributed by atoms with E-state index in [0.29, 0.717) is 0 Å². The summed E-state index contributed by atoms with van der Waals surface area (Å²) in [4.78, 5) is 35.3. The lowest BCUT2D eigenvalue weighted by Gasteiger charge is -2.16. The van der Waals surface area contributed by atoms with E-state index in [1.54, 1.807) is 0 Å². The van der Waals surface area contributed by atoms with Gasteiger partial charge >= 0.3 is 11.7 Å². The van der Waals surface area contributed by atoms with Crippen molar-refractivity contribution in [3.05, 3.63) is 33.1 Å². The Hall–Kier alpha value is -1.97. The first kappa shape index (κ1) is 14.4. The number of esters is 1. The van der Waals surface area contributed by atoms with Crippen molar-refractivity contribution in [1.29, 1.82) is 0 Å². The Morgan fingerprint density at radius 3 is 2.75 bits per heavy atom. The molecule has 1 fully saturated rings. The Morgan fingerprint density at radius 1 is 1.45 bits per heavy atom. The quantitative estimate of drug-likeness (QED) is 0.533. The second kappa shape index (κ2) is 5.57. The zero-order valence-corrected chi connectivity index (χ0v) is 10.6. The van der Waals surface area contributed by atoms with E-state index in [1.165, 1.54) is 6.92 Å². The zero-order valence-electron chi connectivity index (χ0n) is 10.6. The third-order valence-corrected chi connectivity index (χ3v) is 2.91. The molecular formula is C11H14N2O7. The maximum atomic E-state index is 11.6.